The molecule has 3 rings (SSSR count). The van der Waals surface area contributed by atoms with Crippen molar-refractivity contribution in [2.24, 2.45) is 4.99 Å². The number of amides is 1. The Labute approximate surface area is 163 Å². The van der Waals surface area contributed by atoms with Crippen LogP contribution in [0.3, 0.4) is 0 Å². The van der Waals surface area contributed by atoms with Crippen molar-refractivity contribution in [1.82, 2.24) is 0 Å². The van der Waals surface area contributed by atoms with Crippen LogP contribution in [0.25, 0.3) is 0 Å². The predicted octanol–water partition coefficient (Wildman–Crippen LogP) is 1.18. The first-order valence-corrected chi connectivity index (χ1v) is 10.8. The first kappa shape index (κ1) is 20.1. The highest BCUT2D eigenvalue weighted by Gasteiger charge is 2.49. The number of thioether (sulfide) groups is 1. The van der Waals surface area contributed by atoms with Crippen LogP contribution in [-0.4, -0.2) is 66.6 Å². The zero-order valence-electron chi connectivity index (χ0n) is 13.7. The van der Waals surface area contributed by atoms with E-state index in [1.54, 1.807) is 4.90 Å². The number of carbonyl (C=O) groups excluding carboxylic acids is 1. The summed E-state index contributed by atoms with van der Waals surface area (Å²) in [4.78, 5) is 27.9. The van der Waals surface area contributed by atoms with Gasteiger partial charge in [0.15, 0.2) is 15.0 Å². The fourth-order valence-corrected chi connectivity index (χ4v) is 6.97. The Kier molecular flexibility index (Phi) is 5.75. The molecule has 2 fully saturated rings. The molecule has 0 aliphatic carbocycles. The summed E-state index contributed by atoms with van der Waals surface area (Å²) in [7, 11) is -3.24. The van der Waals surface area contributed by atoms with Gasteiger partial charge in [-0.1, -0.05) is 23.4 Å². The fourth-order valence-electron chi connectivity index (χ4n) is 2.87. The number of halogens is 2. The quantitative estimate of drug-likeness (QED) is 0.732. The van der Waals surface area contributed by atoms with Crippen LogP contribution in [0.4, 0.5) is 10.1 Å². The zero-order valence-corrected chi connectivity index (χ0v) is 16.1. The smallest absolute Gasteiger partial charge is 0.329 e. The Balaban J connectivity index is 1.88. The second-order valence-electron chi connectivity index (χ2n) is 5.94. The number of benzene rings is 1. The minimum Gasteiger partial charge on any atom is -0.480 e. The summed E-state index contributed by atoms with van der Waals surface area (Å²) in [6.07, 6.45) is 0. The lowest BCUT2D eigenvalue weighted by atomic mass is 10.2. The number of carbonyl (C=O) groups is 2. The maximum Gasteiger partial charge on any atom is 0.329 e. The Hall–Kier alpha value is -1.69. The van der Waals surface area contributed by atoms with Gasteiger partial charge in [-0.2, -0.15) is 4.99 Å². The summed E-state index contributed by atoms with van der Waals surface area (Å²) < 4.78 is 42.1. The Morgan fingerprint density at radius 1 is 1.37 bits per heavy atom. The number of anilines is 1. The fraction of sp³-hybridized carbons (Fsp3) is 0.400. The molecule has 1 aromatic rings. The number of sulfone groups is 1. The van der Waals surface area contributed by atoms with E-state index in [2.05, 4.69) is 4.99 Å². The van der Waals surface area contributed by atoms with Crippen LogP contribution < -0.4 is 4.90 Å². The molecule has 1 N–H and O–H groups in total. The summed E-state index contributed by atoms with van der Waals surface area (Å²) in [5.41, 5.74) is 0.413. The normalized spacial score (nSPS) is 25.0. The van der Waals surface area contributed by atoms with Gasteiger partial charge in [0.1, 0.15) is 19.0 Å². The number of hydrogen-bond acceptors (Lipinski definition) is 6. The molecular formula is C15H14ClFN2O6S2. The van der Waals surface area contributed by atoms with Gasteiger partial charge in [-0.15, -0.1) is 0 Å². The molecule has 27 heavy (non-hydrogen) atoms. The molecule has 0 spiro atoms. The number of rotatable bonds is 5. The van der Waals surface area contributed by atoms with Crippen molar-refractivity contribution in [2.75, 3.05) is 29.6 Å². The number of hydrogen-bond donors (Lipinski definition) is 1. The average molecular weight is 437 g/mol. The van der Waals surface area contributed by atoms with Crippen molar-refractivity contribution < 1.29 is 32.2 Å². The van der Waals surface area contributed by atoms with E-state index in [1.165, 1.54) is 12.1 Å². The van der Waals surface area contributed by atoms with Crippen molar-refractivity contribution in [3.8, 4) is 0 Å². The second kappa shape index (κ2) is 7.74. The molecule has 2 heterocycles. The summed E-state index contributed by atoms with van der Waals surface area (Å²) >= 11 is 6.97. The number of aliphatic imine (C=N–C) groups is 1. The monoisotopic (exact) mass is 436 g/mol. The minimum atomic E-state index is -3.24. The van der Waals surface area contributed by atoms with Crippen molar-refractivity contribution in [1.29, 1.82) is 0 Å². The van der Waals surface area contributed by atoms with Gasteiger partial charge in [-0.05, 0) is 18.2 Å². The topological polar surface area (TPSA) is 113 Å². The SMILES string of the molecule is O=C(O)COCC(=O)N=C1S[C@@H]2CS(=O)(=O)C[C@@H]2N1c1ccc(F)c(Cl)c1. The molecular weight excluding hydrogens is 423 g/mol. The number of aliphatic carboxylic acids is 1. The standard InChI is InChI=1S/C15H14ClFN2O6S2/c16-9-3-8(1-2-10(9)17)19-11-6-27(23,24)7-12(11)26-15(19)18-13(20)4-25-5-14(21)22/h1-3,11-12H,4-7H2,(H,21,22)/t11-,12+/m0/s1. The van der Waals surface area contributed by atoms with Gasteiger partial charge in [0, 0.05) is 10.9 Å². The lowest BCUT2D eigenvalue weighted by Gasteiger charge is -2.24. The van der Waals surface area contributed by atoms with Crippen LogP contribution in [0.1, 0.15) is 0 Å². The molecule has 2 atom stereocenters. The van der Waals surface area contributed by atoms with E-state index in [4.69, 9.17) is 21.4 Å². The molecule has 8 nitrogen and oxygen atoms in total. The van der Waals surface area contributed by atoms with Gasteiger partial charge in [0.05, 0.1) is 22.6 Å². The lowest BCUT2D eigenvalue weighted by molar-refractivity contribution is -0.143. The molecule has 1 aromatic carbocycles. The third kappa shape index (κ3) is 4.60. The van der Waals surface area contributed by atoms with Crippen LogP contribution in [0, 0.1) is 5.82 Å². The maximum absolute atomic E-state index is 13.5. The highest BCUT2D eigenvalue weighted by molar-refractivity contribution is 8.16. The highest BCUT2D eigenvalue weighted by atomic mass is 35.5. The van der Waals surface area contributed by atoms with Gasteiger partial charge in [0.2, 0.25) is 0 Å². The van der Waals surface area contributed by atoms with E-state index < -0.39 is 46.8 Å². The summed E-state index contributed by atoms with van der Waals surface area (Å²) in [6, 6.07) is 3.45. The molecule has 146 valence electrons. The first-order valence-electron chi connectivity index (χ1n) is 7.69. The predicted molar refractivity (Wildman–Crippen MR) is 98.6 cm³/mol. The molecule has 1 amide bonds. The number of carboxylic acids is 1. The van der Waals surface area contributed by atoms with Gasteiger partial charge in [0.25, 0.3) is 5.91 Å². The van der Waals surface area contributed by atoms with Gasteiger partial charge in [-0.25, -0.2) is 17.6 Å². The van der Waals surface area contributed by atoms with Crippen molar-refractivity contribution in [3.05, 3.63) is 29.0 Å². The molecule has 2 aliphatic rings. The van der Waals surface area contributed by atoms with E-state index in [1.807, 2.05) is 0 Å². The van der Waals surface area contributed by atoms with Gasteiger partial charge < -0.3 is 14.7 Å². The minimum absolute atomic E-state index is 0.0590. The number of amidine groups is 1. The summed E-state index contributed by atoms with van der Waals surface area (Å²) in [6.45, 7) is -1.16. The molecule has 12 heteroatoms. The first-order chi connectivity index (χ1) is 12.7. The van der Waals surface area contributed by atoms with Crippen LogP contribution in [0.5, 0.6) is 0 Å². The molecule has 2 saturated heterocycles. The number of fused-ring (bicyclic) bond motifs is 1. The van der Waals surface area contributed by atoms with Crippen molar-refractivity contribution in [2.45, 2.75) is 11.3 Å². The van der Waals surface area contributed by atoms with Crippen LogP contribution in [0.2, 0.25) is 5.02 Å². The van der Waals surface area contributed by atoms with Crippen LogP contribution in [-0.2, 0) is 24.2 Å². The largest absolute Gasteiger partial charge is 0.480 e. The average Bonchev–Trinajstić information content (AvgIpc) is 3.00. The Bertz CT molecular complexity index is 923. The van der Waals surface area contributed by atoms with E-state index in [0.717, 1.165) is 17.8 Å². The van der Waals surface area contributed by atoms with Gasteiger partial charge in [-0.3, -0.25) is 4.79 Å². The summed E-state index contributed by atoms with van der Waals surface area (Å²) in [5, 5.41) is 8.30. The maximum atomic E-state index is 13.5. The Morgan fingerprint density at radius 2 is 2.11 bits per heavy atom. The third-order valence-electron chi connectivity index (χ3n) is 3.92. The molecule has 0 unspecified atom stereocenters. The zero-order chi connectivity index (χ0) is 19.8. The Morgan fingerprint density at radius 3 is 2.78 bits per heavy atom. The number of nitrogens with zero attached hydrogens (tertiary/aromatic N) is 2. The van der Waals surface area contributed by atoms with Crippen molar-refractivity contribution >= 4 is 55.9 Å². The van der Waals surface area contributed by atoms with E-state index in [9.17, 15) is 22.4 Å². The van der Waals surface area contributed by atoms with Crippen LogP contribution >= 0.6 is 23.4 Å². The molecule has 0 bridgehead atoms. The second-order valence-corrected chi connectivity index (χ2v) is 9.71. The van der Waals surface area contributed by atoms with E-state index >= 15 is 0 Å². The lowest BCUT2D eigenvalue weighted by Crippen LogP contribution is -2.37. The molecule has 0 radical (unpaired) electrons. The summed E-state index contributed by atoms with van der Waals surface area (Å²) in [5.74, 6) is -2.73. The van der Waals surface area contributed by atoms with Crippen LogP contribution in [0.15, 0.2) is 23.2 Å². The van der Waals surface area contributed by atoms with E-state index in [0.29, 0.717) is 5.69 Å². The number of ether oxygens (including phenoxy) is 1. The van der Waals surface area contributed by atoms with E-state index in [-0.39, 0.29) is 26.9 Å². The number of carboxylic acid groups (broad SMARTS) is 1. The third-order valence-corrected chi connectivity index (χ3v) is 7.42. The highest BCUT2D eigenvalue weighted by Crippen LogP contribution is 2.41. The molecule has 0 aromatic heterocycles. The van der Waals surface area contributed by atoms with Crippen molar-refractivity contribution in [3.63, 3.8) is 0 Å². The molecule has 0 saturated carbocycles. The van der Waals surface area contributed by atoms with Gasteiger partial charge >= 0.3 is 5.97 Å². The molecule has 2 aliphatic heterocycles.